The van der Waals surface area contributed by atoms with Crippen molar-refractivity contribution in [2.45, 2.75) is 60.5 Å². The highest BCUT2D eigenvalue weighted by atomic mass is 35.5. The number of thiophene rings is 1. The van der Waals surface area contributed by atoms with Crippen molar-refractivity contribution in [3.8, 4) is 5.75 Å². The van der Waals surface area contributed by atoms with Gasteiger partial charge in [0.15, 0.2) is 5.76 Å². The molecule has 0 saturated carbocycles. The summed E-state index contributed by atoms with van der Waals surface area (Å²) < 4.78 is 22.1. The molecule has 0 bridgehead atoms. The summed E-state index contributed by atoms with van der Waals surface area (Å²) in [6.07, 6.45) is 0.632. The normalized spacial score (nSPS) is 10.9. The van der Waals surface area contributed by atoms with Crippen molar-refractivity contribution >= 4 is 45.8 Å². The number of hydrogen-bond donors (Lipinski definition) is 1. The lowest BCUT2D eigenvalue weighted by Crippen LogP contribution is -2.14. The Bertz CT molecular complexity index is 1320. The summed E-state index contributed by atoms with van der Waals surface area (Å²) in [4.78, 5) is 38.4. The average Bonchev–Trinajstić information content (AvgIpc) is 3.47. The van der Waals surface area contributed by atoms with Gasteiger partial charge in [-0.25, -0.2) is 9.59 Å². The first kappa shape index (κ1) is 29.3. The van der Waals surface area contributed by atoms with E-state index in [1.54, 1.807) is 19.9 Å². The fourth-order valence-electron chi connectivity index (χ4n) is 3.64. The highest BCUT2D eigenvalue weighted by Crippen LogP contribution is 2.35. The Labute approximate surface area is 231 Å². The number of benzene rings is 1. The van der Waals surface area contributed by atoms with Gasteiger partial charge in [-0.2, -0.15) is 0 Å². The number of furan rings is 1. The summed E-state index contributed by atoms with van der Waals surface area (Å²) in [7, 11) is 0. The highest BCUT2D eigenvalue weighted by molar-refractivity contribution is 7.18. The maximum Gasteiger partial charge on any atom is 0.348 e. The number of anilines is 1. The molecule has 38 heavy (non-hydrogen) atoms. The molecule has 1 amide bonds. The Morgan fingerprint density at radius 1 is 1.08 bits per heavy atom. The molecule has 0 aliphatic heterocycles. The fraction of sp³-hybridized carbons (Fsp3) is 0.393. The molecule has 3 rings (SSSR count). The van der Waals surface area contributed by atoms with Crippen molar-refractivity contribution in [2.75, 3.05) is 18.5 Å². The molecule has 0 radical (unpaired) electrons. The largest absolute Gasteiger partial charge is 0.485 e. The molecule has 0 saturated heterocycles. The second-order valence-corrected chi connectivity index (χ2v) is 10.3. The van der Waals surface area contributed by atoms with E-state index in [1.165, 1.54) is 6.07 Å². The lowest BCUT2D eigenvalue weighted by Gasteiger charge is -2.15. The van der Waals surface area contributed by atoms with Gasteiger partial charge in [-0.3, -0.25) is 4.79 Å². The number of nitrogens with one attached hydrogen (secondary N) is 1. The molecule has 0 atom stereocenters. The average molecular weight is 562 g/mol. The van der Waals surface area contributed by atoms with E-state index < -0.39 is 17.8 Å². The van der Waals surface area contributed by atoms with Crippen LogP contribution in [0.25, 0.3) is 0 Å². The Balaban J connectivity index is 1.79. The monoisotopic (exact) mass is 561 g/mol. The number of esters is 2. The summed E-state index contributed by atoms with van der Waals surface area (Å²) in [5, 5.41) is 3.55. The molecule has 10 heteroatoms. The Hall–Kier alpha value is -3.30. The predicted octanol–water partition coefficient (Wildman–Crippen LogP) is 7.31. The van der Waals surface area contributed by atoms with Crippen LogP contribution in [0.3, 0.4) is 0 Å². The van der Waals surface area contributed by atoms with E-state index in [0.717, 1.165) is 22.5 Å². The van der Waals surface area contributed by atoms with Gasteiger partial charge in [-0.05, 0) is 74.1 Å². The first-order chi connectivity index (χ1) is 18.1. The minimum Gasteiger partial charge on any atom is -0.485 e. The van der Waals surface area contributed by atoms with Crippen molar-refractivity contribution in [3.05, 3.63) is 67.9 Å². The first-order valence-corrected chi connectivity index (χ1v) is 13.6. The maximum absolute atomic E-state index is 13.0. The molecule has 0 fully saturated rings. The number of carbonyl (C=O) groups is 3. The van der Waals surface area contributed by atoms with Crippen LogP contribution in [0.5, 0.6) is 5.75 Å². The van der Waals surface area contributed by atoms with Crippen LogP contribution in [0.1, 0.15) is 93.1 Å². The lowest BCUT2D eigenvalue weighted by atomic mass is 10.0. The second kappa shape index (κ2) is 13.0. The molecule has 2 heterocycles. The van der Waals surface area contributed by atoms with Crippen LogP contribution in [-0.4, -0.2) is 31.1 Å². The van der Waals surface area contributed by atoms with Crippen LogP contribution in [-0.2, 0) is 16.1 Å². The van der Waals surface area contributed by atoms with Gasteiger partial charge in [0, 0.05) is 5.02 Å². The minimum atomic E-state index is -0.626. The quantitative estimate of drug-likeness (QED) is 0.245. The molecule has 0 aliphatic carbocycles. The van der Waals surface area contributed by atoms with Crippen molar-refractivity contribution < 1.29 is 33.0 Å². The van der Waals surface area contributed by atoms with Crippen molar-refractivity contribution in [3.63, 3.8) is 0 Å². The van der Waals surface area contributed by atoms with Crippen molar-refractivity contribution in [1.29, 1.82) is 0 Å². The molecule has 0 aliphatic rings. The number of aryl methyl sites for hydroxylation is 1. The van der Waals surface area contributed by atoms with Gasteiger partial charge in [0.2, 0.25) is 0 Å². The minimum absolute atomic E-state index is 0.0246. The van der Waals surface area contributed by atoms with Gasteiger partial charge in [0.25, 0.3) is 5.91 Å². The smallest absolute Gasteiger partial charge is 0.348 e. The number of rotatable bonds is 11. The van der Waals surface area contributed by atoms with E-state index in [0.29, 0.717) is 28.5 Å². The van der Waals surface area contributed by atoms with Crippen LogP contribution in [0.15, 0.2) is 28.7 Å². The standard InChI is InChI=1S/C28H32ClNO7S/c1-7-11-35-27(32)23-17(6)24(28(33)34-8-2)38-26(23)30-25(31)21-10-9-18(37-21)14-36-22-12-16(5)20(29)13-19(22)15(3)4/h9-10,12-13,15H,7-8,11,14H2,1-6H3,(H,30,31). The Morgan fingerprint density at radius 2 is 1.82 bits per heavy atom. The molecule has 204 valence electrons. The zero-order chi connectivity index (χ0) is 28.0. The fourth-order valence-corrected chi connectivity index (χ4v) is 4.90. The predicted molar refractivity (Wildman–Crippen MR) is 147 cm³/mol. The van der Waals surface area contributed by atoms with Crippen molar-refractivity contribution in [1.82, 2.24) is 0 Å². The maximum atomic E-state index is 13.0. The molecule has 2 aromatic heterocycles. The van der Waals surface area contributed by atoms with E-state index in [9.17, 15) is 14.4 Å². The van der Waals surface area contributed by atoms with Crippen LogP contribution in [0.2, 0.25) is 5.02 Å². The molecule has 1 aromatic carbocycles. The molecule has 0 spiro atoms. The van der Waals surface area contributed by atoms with E-state index in [2.05, 4.69) is 19.2 Å². The molecule has 8 nitrogen and oxygen atoms in total. The number of ether oxygens (including phenoxy) is 3. The molecule has 3 aromatic rings. The molecule has 0 unspecified atom stereocenters. The van der Waals surface area contributed by atoms with Crippen LogP contribution < -0.4 is 10.1 Å². The van der Waals surface area contributed by atoms with Crippen molar-refractivity contribution in [2.24, 2.45) is 0 Å². The zero-order valence-electron chi connectivity index (χ0n) is 22.4. The Kier molecular flexibility index (Phi) is 9.99. The molecular weight excluding hydrogens is 530 g/mol. The highest BCUT2D eigenvalue weighted by Gasteiger charge is 2.28. The topological polar surface area (TPSA) is 104 Å². The second-order valence-electron chi connectivity index (χ2n) is 8.92. The van der Waals surface area contributed by atoms with Gasteiger partial charge in [-0.15, -0.1) is 11.3 Å². The SMILES string of the molecule is CCCOC(=O)c1c(NC(=O)c2ccc(COc3cc(C)c(Cl)cc3C(C)C)o2)sc(C(=O)OCC)c1C. The van der Waals surface area contributed by atoms with Gasteiger partial charge in [-0.1, -0.05) is 32.4 Å². The Morgan fingerprint density at radius 3 is 2.47 bits per heavy atom. The van der Waals surface area contributed by atoms with E-state index >= 15 is 0 Å². The summed E-state index contributed by atoms with van der Waals surface area (Å²) in [5.74, 6) is -0.420. The summed E-state index contributed by atoms with van der Waals surface area (Å²) in [6.45, 7) is 11.7. The summed E-state index contributed by atoms with van der Waals surface area (Å²) in [6, 6.07) is 6.95. The number of amides is 1. The summed E-state index contributed by atoms with van der Waals surface area (Å²) >= 11 is 7.23. The number of carbonyl (C=O) groups excluding carboxylic acids is 3. The number of halogens is 1. The van der Waals surface area contributed by atoms with E-state index in [1.807, 2.05) is 26.0 Å². The van der Waals surface area contributed by atoms with Crippen LogP contribution in [0, 0.1) is 13.8 Å². The third-order valence-corrected chi connectivity index (χ3v) is 7.24. The van der Waals surface area contributed by atoms with E-state index in [-0.39, 0.29) is 46.9 Å². The van der Waals surface area contributed by atoms with E-state index in [4.69, 9.17) is 30.2 Å². The molecular formula is C28H32ClNO7S. The first-order valence-electron chi connectivity index (χ1n) is 12.4. The van der Waals surface area contributed by atoms with Gasteiger partial charge >= 0.3 is 11.9 Å². The van der Waals surface area contributed by atoms with Crippen LogP contribution >= 0.6 is 22.9 Å². The van der Waals surface area contributed by atoms with Gasteiger partial charge in [0.1, 0.15) is 28.0 Å². The van der Waals surface area contributed by atoms with Crippen LogP contribution in [0.4, 0.5) is 5.00 Å². The number of hydrogen-bond acceptors (Lipinski definition) is 8. The third kappa shape index (κ3) is 6.76. The van der Waals surface area contributed by atoms with Gasteiger partial charge in [0.05, 0.1) is 18.8 Å². The third-order valence-electron chi connectivity index (χ3n) is 5.64. The lowest BCUT2D eigenvalue weighted by molar-refractivity contribution is 0.0506. The summed E-state index contributed by atoms with van der Waals surface area (Å²) in [5.41, 5.74) is 2.37. The van der Waals surface area contributed by atoms with Gasteiger partial charge < -0.3 is 23.9 Å². The molecule has 1 N–H and O–H groups in total. The zero-order valence-corrected chi connectivity index (χ0v) is 23.9.